The number of pyridine rings is 1. The lowest BCUT2D eigenvalue weighted by atomic mass is 10.0. The summed E-state index contributed by atoms with van der Waals surface area (Å²) < 4.78 is 0. The molecule has 138 valence electrons. The first-order chi connectivity index (χ1) is 12.4. The molecule has 3 heterocycles. The quantitative estimate of drug-likeness (QED) is 0.794. The third-order valence-electron chi connectivity index (χ3n) is 5.21. The van der Waals surface area contributed by atoms with Crippen LogP contribution in [0.1, 0.15) is 36.5 Å². The average Bonchev–Trinajstić information content (AvgIpc) is 3.21. The number of fused-ring (bicyclic) bond motifs is 1. The summed E-state index contributed by atoms with van der Waals surface area (Å²) in [6, 6.07) is 2.35. The lowest BCUT2D eigenvalue weighted by molar-refractivity contribution is -0.136. The van der Waals surface area contributed by atoms with E-state index in [0.717, 1.165) is 0 Å². The van der Waals surface area contributed by atoms with E-state index in [1.165, 1.54) is 12.4 Å². The zero-order valence-corrected chi connectivity index (χ0v) is 14.6. The minimum atomic E-state index is -0.586. The van der Waals surface area contributed by atoms with Gasteiger partial charge in [-0.3, -0.25) is 24.2 Å². The molecule has 3 atom stereocenters. The van der Waals surface area contributed by atoms with Crippen molar-refractivity contribution in [3.05, 3.63) is 30.1 Å². The van der Waals surface area contributed by atoms with E-state index in [0.29, 0.717) is 24.9 Å². The monoisotopic (exact) mass is 358 g/mol. The molecule has 2 N–H and O–H groups in total. The van der Waals surface area contributed by atoms with Gasteiger partial charge in [0.1, 0.15) is 6.04 Å². The Bertz CT molecular complexity index is 736. The van der Waals surface area contributed by atoms with Crippen LogP contribution in [0, 0.1) is 5.92 Å². The number of Topliss-reactive ketones (excluding diaryl/α,β-unsaturated/α-hetero) is 1. The first-order valence-electron chi connectivity index (χ1n) is 8.72. The van der Waals surface area contributed by atoms with E-state index in [9.17, 15) is 19.2 Å². The highest BCUT2D eigenvalue weighted by Gasteiger charge is 2.51. The largest absolute Gasteiger partial charge is 0.369 e. The standard InChI is InChI=1S/C18H22N4O4/c1-11(17(19)25)2-3-15(24)21-9-6-13-16(21)14(23)10-22(13)18(26)12-4-7-20-8-5-12/h4-5,7-8,11,13,16H,2-3,6,9-10H2,1H3,(H2,19,25). The summed E-state index contributed by atoms with van der Waals surface area (Å²) in [6.07, 6.45) is 4.17. The van der Waals surface area contributed by atoms with Crippen LogP contribution >= 0.6 is 0 Å². The van der Waals surface area contributed by atoms with Gasteiger partial charge in [0.2, 0.25) is 11.8 Å². The molecule has 1 aromatic rings. The summed E-state index contributed by atoms with van der Waals surface area (Å²) in [7, 11) is 0. The molecule has 2 aliphatic heterocycles. The molecule has 0 aromatic carbocycles. The number of hydrogen-bond donors (Lipinski definition) is 1. The molecule has 0 aliphatic carbocycles. The Labute approximate surface area is 151 Å². The number of likely N-dealkylation sites (tertiary alicyclic amines) is 2. The molecule has 2 saturated heterocycles. The van der Waals surface area contributed by atoms with E-state index in [1.807, 2.05) is 0 Å². The van der Waals surface area contributed by atoms with Crippen LogP contribution in [-0.2, 0) is 14.4 Å². The van der Waals surface area contributed by atoms with Gasteiger partial charge in [-0.1, -0.05) is 6.92 Å². The van der Waals surface area contributed by atoms with Crippen molar-refractivity contribution >= 4 is 23.5 Å². The molecule has 8 nitrogen and oxygen atoms in total. The van der Waals surface area contributed by atoms with Crippen molar-refractivity contribution in [2.45, 2.75) is 38.3 Å². The van der Waals surface area contributed by atoms with Gasteiger partial charge in [0.05, 0.1) is 12.6 Å². The van der Waals surface area contributed by atoms with Gasteiger partial charge in [-0.15, -0.1) is 0 Å². The minimum Gasteiger partial charge on any atom is -0.369 e. The minimum absolute atomic E-state index is 0.0119. The smallest absolute Gasteiger partial charge is 0.254 e. The van der Waals surface area contributed by atoms with Crippen molar-refractivity contribution < 1.29 is 19.2 Å². The van der Waals surface area contributed by atoms with Gasteiger partial charge >= 0.3 is 0 Å². The van der Waals surface area contributed by atoms with Crippen LogP contribution in [0.3, 0.4) is 0 Å². The topological polar surface area (TPSA) is 114 Å². The lowest BCUT2D eigenvalue weighted by Crippen LogP contribution is -2.43. The second-order valence-electron chi connectivity index (χ2n) is 6.87. The van der Waals surface area contributed by atoms with Crippen LogP contribution in [0.25, 0.3) is 0 Å². The summed E-state index contributed by atoms with van der Waals surface area (Å²) in [5.74, 6) is -1.34. The van der Waals surface area contributed by atoms with Gasteiger partial charge < -0.3 is 15.5 Å². The first kappa shape index (κ1) is 18.0. The Morgan fingerprint density at radius 2 is 1.96 bits per heavy atom. The summed E-state index contributed by atoms with van der Waals surface area (Å²) in [5.41, 5.74) is 5.70. The molecule has 0 spiro atoms. The number of aromatic nitrogens is 1. The number of primary amides is 1. The van der Waals surface area contributed by atoms with Crippen molar-refractivity contribution in [3.8, 4) is 0 Å². The summed E-state index contributed by atoms with van der Waals surface area (Å²) in [6.45, 7) is 2.13. The van der Waals surface area contributed by atoms with Crippen LogP contribution in [0.5, 0.6) is 0 Å². The molecule has 0 saturated carbocycles. The van der Waals surface area contributed by atoms with E-state index in [4.69, 9.17) is 5.73 Å². The van der Waals surface area contributed by atoms with Crippen LogP contribution in [0.2, 0.25) is 0 Å². The van der Waals surface area contributed by atoms with Gasteiger partial charge in [0, 0.05) is 36.8 Å². The van der Waals surface area contributed by atoms with E-state index < -0.39 is 11.9 Å². The van der Waals surface area contributed by atoms with Gasteiger partial charge in [-0.05, 0) is 25.0 Å². The third-order valence-corrected chi connectivity index (χ3v) is 5.21. The molecule has 26 heavy (non-hydrogen) atoms. The van der Waals surface area contributed by atoms with Crippen molar-refractivity contribution in [1.82, 2.24) is 14.8 Å². The molecular weight excluding hydrogens is 336 g/mol. The Kier molecular flexibility index (Phi) is 5.01. The summed E-state index contributed by atoms with van der Waals surface area (Å²) >= 11 is 0. The molecule has 3 rings (SSSR count). The van der Waals surface area contributed by atoms with E-state index >= 15 is 0 Å². The number of amides is 3. The van der Waals surface area contributed by atoms with Gasteiger partial charge in [-0.25, -0.2) is 0 Å². The number of rotatable bonds is 5. The van der Waals surface area contributed by atoms with Crippen LogP contribution < -0.4 is 5.73 Å². The third kappa shape index (κ3) is 3.31. The number of nitrogens with zero attached hydrogens (tertiary/aromatic N) is 3. The molecular formula is C18H22N4O4. The zero-order valence-electron chi connectivity index (χ0n) is 14.6. The molecule has 3 unspecified atom stereocenters. The van der Waals surface area contributed by atoms with Gasteiger partial charge in [0.25, 0.3) is 5.91 Å². The fourth-order valence-electron chi connectivity index (χ4n) is 3.66. The summed E-state index contributed by atoms with van der Waals surface area (Å²) in [4.78, 5) is 55.8. The first-order valence-corrected chi connectivity index (χ1v) is 8.72. The average molecular weight is 358 g/mol. The highest BCUT2D eigenvalue weighted by molar-refractivity contribution is 6.02. The van der Waals surface area contributed by atoms with Crippen molar-refractivity contribution in [2.24, 2.45) is 11.7 Å². The number of hydrogen-bond acceptors (Lipinski definition) is 5. The van der Waals surface area contributed by atoms with Crippen LogP contribution in [-0.4, -0.2) is 63.5 Å². The molecule has 0 bridgehead atoms. The van der Waals surface area contributed by atoms with E-state index in [1.54, 1.807) is 28.9 Å². The summed E-state index contributed by atoms with van der Waals surface area (Å²) in [5, 5.41) is 0. The number of carbonyl (C=O) groups excluding carboxylic acids is 4. The maximum absolute atomic E-state index is 12.7. The van der Waals surface area contributed by atoms with Crippen molar-refractivity contribution in [3.63, 3.8) is 0 Å². The Morgan fingerprint density at radius 1 is 1.27 bits per heavy atom. The predicted octanol–water partition coefficient (Wildman–Crippen LogP) is -0.0224. The number of carbonyl (C=O) groups is 4. The second-order valence-corrected chi connectivity index (χ2v) is 6.87. The fourth-order valence-corrected chi connectivity index (χ4v) is 3.66. The second kappa shape index (κ2) is 7.23. The molecule has 8 heteroatoms. The highest BCUT2D eigenvalue weighted by Crippen LogP contribution is 2.31. The Balaban J connectivity index is 1.68. The molecule has 1 aromatic heterocycles. The zero-order chi connectivity index (χ0) is 18.8. The molecule has 0 radical (unpaired) electrons. The molecule has 2 fully saturated rings. The molecule has 3 amide bonds. The van der Waals surface area contributed by atoms with Crippen LogP contribution in [0.4, 0.5) is 0 Å². The van der Waals surface area contributed by atoms with E-state index in [2.05, 4.69) is 4.98 Å². The highest BCUT2D eigenvalue weighted by atomic mass is 16.2. The predicted molar refractivity (Wildman–Crippen MR) is 91.8 cm³/mol. The number of ketones is 1. The van der Waals surface area contributed by atoms with Crippen LogP contribution in [0.15, 0.2) is 24.5 Å². The van der Waals surface area contributed by atoms with Crippen molar-refractivity contribution in [1.29, 1.82) is 0 Å². The van der Waals surface area contributed by atoms with Crippen molar-refractivity contribution in [2.75, 3.05) is 13.1 Å². The van der Waals surface area contributed by atoms with E-state index in [-0.39, 0.29) is 42.5 Å². The SMILES string of the molecule is CC(CCC(=O)N1CCC2C1C(=O)CN2C(=O)c1ccncc1)C(N)=O. The fraction of sp³-hybridized carbons (Fsp3) is 0.500. The van der Waals surface area contributed by atoms with Gasteiger partial charge in [-0.2, -0.15) is 0 Å². The maximum Gasteiger partial charge on any atom is 0.254 e. The lowest BCUT2D eigenvalue weighted by Gasteiger charge is -2.24. The Morgan fingerprint density at radius 3 is 2.62 bits per heavy atom. The Hall–Kier alpha value is -2.77. The molecule has 2 aliphatic rings. The van der Waals surface area contributed by atoms with Gasteiger partial charge in [0.15, 0.2) is 5.78 Å². The normalized spacial score (nSPS) is 23.0. The number of nitrogens with two attached hydrogens (primary N) is 1. The maximum atomic E-state index is 12.7.